The summed E-state index contributed by atoms with van der Waals surface area (Å²) in [7, 11) is 0. The van der Waals surface area contributed by atoms with E-state index < -0.39 is 11.8 Å². The number of hydrogen-bond donors (Lipinski definition) is 3. The van der Waals surface area contributed by atoms with Gasteiger partial charge in [0.05, 0.1) is 10.6 Å². The van der Waals surface area contributed by atoms with Gasteiger partial charge in [-0.15, -0.1) is 0 Å². The number of hydrazine groups is 1. The standard InChI is InChI=1S/C12H9BrClN3O2/c13-9-4-2-1-3-8(9)11(18)16-17-12(19)10-5-7(14)6-15-10/h1-6,15H,(H,16,18)(H,17,19). The summed E-state index contributed by atoms with van der Waals surface area (Å²) in [5.41, 5.74) is 5.29. The molecule has 0 bridgehead atoms. The number of carbonyl (C=O) groups is 2. The van der Waals surface area contributed by atoms with Crippen LogP contribution >= 0.6 is 27.5 Å². The fourth-order valence-corrected chi connectivity index (χ4v) is 2.02. The molecule has 0 aliphatic carbocycles. The molecular weight excluding hydrogens is 334 g/mol. The minimum absolute atomic E-state index is 0.262. The molecule has 98 valence electrons. The van der Waals surface area contributed by atoms with Crippen LogP contribution in [0.2, 0.25) is 5.02 Å². The smallest absolute Gasteiger partial charge is 0.286 e. The van der Waals surface area contributed by atoms with E-state index in [2.05, 4.69) is 31.8 Å². The van der Waals surface area contributed by atoms with E-state index in [-0.39, 0.29) is 5.69 Å². The van der Waals surface area contributed by atoms with Gasteiger partial charge >= 0.3 is 0 Å². The van der Waals surface area contributed by atoms with Crippen LogP contribution in [0.4, 0.5) is 0 Å². The van der Waals surface area contributed by atoms with Gasteiger partial charge in [-0.05, 0) is 34.1 Å². The fourth-order valence-electron chi connectivity index (χ4n) is 1.39. The molecule has 1 aromatic carbocycles. The predicted molar refractivity (Wildman–Crippen MR) is 74.9 cm³/mol. The summed E-state index contributed by atoms with van der Waals surface area (Å²) in [6.07, 6.45) is 1.48. The minimum atomic E-state index is -0.479. The van der Waals surface area contributed by atoms with Crippen molar-refractivity contribution in [3.63, 3.8) is 0 Å². The molecule has 0 fully saturated rings. The monoisotopic (exact) mass is 341 g/mol. The lowest BCUT2D eigenvalue weighted by atomic mass is 10.2. The van der Waals surface area contributed by atoms with Crippen molar-refractivity contribution >= 4 is 39.3 Å². The highest BCUT2D eigenvalue weighted by Gasteiger charge is 2.12. The van der Waals surface area contributed by atoms with Gasteiger partial charge in [0.2, 0.25) is 0 Å². The average Bonchev–Trinajstić information content (AvgIpc) is 2.83. The average molecular weight is 343 g/mol. The zero-order chi connectivity index (χ0) is 13.8. The largest absolute Gasteiger partial charge is 0.356 e. The van der Waals surface area contributed by atoms with Crippen LogP contribution in [0.1, 0.15) is 20.8 Å². The van der Waals surface area contributed by atoms with Crippen molar-refractivity contribution < 1.29 is 9.59 Å². The molecule has 0 unspecified atom stereocenters. The van der Waals surface area contributed by atoms with Crippen molar-refractivity contribution in [2.75, 3.05) is 0 Å². The number of hydrogen-bond acceptors (Lipinski definition) is 2. The maximum Gasteiger partial charge on any atom is 0.286 e. The van der Waals surface area contributed by atoms with E-state index >= 15 is 0 Å². The van der Waals surface area contributed by atoms with Gasteiger partial charge in [0.1, 0.15) is 5.69 Å². The fraction of sp³-hybridized carbons (Fsp3) is 0. The van der Waals surface area contributed by atoms with E-state index in [1.165, 1.54) is 12.3 Å². The number of nitrogens with one attached hydrogen (secondary N) is 3. The Hall–Kier alpha value is -1.79. The molecule has 5 nitrogen and oxygen atoms in total. The van der Waals surface area contributed by atoms with Crippen LogP contribution in [0.25, 0.3) is 0 Å². The molecule has 2 rings (SSSR count). The third-order valence-corrected chi connectivity index (χ3v) is 3.21. The molecule has 0 saturated carbocycles. The van der Waals surface area contributed by atoms with Crippen molar-refractivity contribution in [1.29, 1.82) is 0 Å². The summed E-state index contributed by atoms with van der Waals surface area (Å²) >= 11 is 8.93. The van der Waals surface area contributed by atoms with Crippen LogP contribution < -0.4 is 10.9 Å². The summed E-state index contributed by atoms with van der Waals surface area (Å²) < 4.78 is 0.643. The predicted octanol–water partition coefficient (Wildman–Crippen LogP) is 2.51. The molecule has 0 saturated heterocycles. The molecule has 1 aromatic heterocycles. The molecule has 1 heterocycles. The number of aromatic amines is 1. The minimum Gasteiger partial charge on any atom is -0.356 e. The highest BCUT2D eigenvalue weighted by atomic mass is 79.9. The van der Waals surface area contributed by atoms with Gasteiger partial charge in [-0.1, -0.05) is 23.7 Å². The molecule has 7 heteroatoms. The van der Waals surface area contributed by atoms with Crippen LogP contribution in [0.5, 0.6) is 0 Å². The zero-order valence-corrected chi connectivity index (χ0v) is 11.9. The van der Waals surface area contributed by atoms with Gasteiger partial charge in [-0.25, -0.2) is 0 Å². The van der Waals surface area contributed by atoms with Crippen molar-refractivity contribution in [1.82, 2.24) is 15.8 Å². The van der Waals surface area contributed by atoms with Crippen molar-refractivity contribution in [2.24, 2.45) is 0 Å². The summed E-state index contributed by atoms with van der Waals surface area (Å²) in [5, 5.41) is 0.419. The highest BCUT2D eigenvalue weighted by molar-refractivity contribution is 9.10. The van der Waals surface area contributed by atoms with E-state index in [1.54, 1.807) is 24.3 Å². The number of amides is 2. The normalized spacial score (nSPS) is 10.0. The molecule has 0 spiro atoms. The Morgan fingerprint density at radius 2 is 1.84 bits per heavy atom. The van der Waals surface area contributed by atoms with Gasteiger partial charge < -0.3 is 4.98 Å². The van der Waals surface area contributed by atoms with Crippen LogP contribution in [-0.2, 0) is 0 Å². The maximum atomic E-state index is 11.8. The molecule has 0 radical (unpaired) electrons. The van der Waals surface area contributed by atoms with Gasteiger partial charge in [0, 0.05) is 10.7 Å². The first-order chi connectivity index (χ1) is 9.08. The number of aromatic nitrogens is 1. The quantitative estimate of drug-likeness (QED) is 0.734. The molecule has 19 heavy (non-hydrogen) atoms. The first-order valence-electron chi connectivity index (χ1n) is 5.27. The topological polar surface area (TPSA) is 74.0 Å². The van der Waals surface area contributed by atoms with Gasteiger partial charge in [-0.2, -0.15) is 0 Å². The highest BCUT2D eigenvalue weighted by Crippen LogP contribution is 2.15. The Balaban J connectivity index is 1.98. The lowest BCUT2D eigenvalue weighted by molar-refractivity contribution is 0.0844. The Morgan fingerprint density at radius 3 is 2.47 bits per heavy atom. The molecule has 2 amide bonds. The lowest BCUT2D eigenvalue weighted by Gasteiger charge is -2.07. The van der Waals surface area contributed by atoms with E-state index in [0.717, 1.165) is 0 Å². The van der Waals surface area contributed by atoms with Crippen molar-refractivity contribution in [3.05, 3.63) is 57.3 Å². The summed E-state index contributed by atoms with van der Waals surface area (Å²) in [6, 6.07) is 8.35. The molecule has 3 N–H and O–H groups in total. The maximum absolute atomic E-state index is 11.8. The number of halogens is 2. The van der Waals surface area contributed by atoms with Gasteiger partial charge in [-0.3, -0.25) is 20.4 Å². The Morgan fingerprint density at radius 1 is 1.16 bits per heavy atom. The molecule has 0 aliphatic rings. The molecular formula is C12H9BrClN3O2. The molecule has 0 atom stereocenters. The van der Waals surface area contributed by atoms with Gasteiger partial charge in [0.15, 0.2) is 0 Å². The summed E-state index contributed by atoms with van der Waals surface area (Å²) in [4.78, 5) is 26.1. The van der Waals surface area contributed by atoms with Crippen LogP contribution in [0.3, 0.4) is 0 Å². The molecule has 2 aromatic rings. The van der Waals surface area contributed by atoms with Gasteiger partial charge in [0.25, 0.3) is 11.8 Å². The van der Waals surface area contributed by atoms with Crippen LogP contribution in [-0.4, -0.2) is 16.8 Å². The Bertz CT molecular complexity index is 627. The first-order valence-corrected chi connectivity index (χ1v) is 6.44. The number of benzene rings is 1. The van der Waals surface area contributed by atoms with E-state index in [4.69, 9.17) is 11.6 Å². The zero-order valence-electron chi connectivity index (χ0n) is 9.54. The SMILES string of the molecule is O=C(NNC(=O)c1ccccc1Br)c1cc(Cl)c[nH]1. The summed E-state index contributed by atoms with van der Waals surface area (Å²) in [6.45, 7) is 0. The second kappa shape index (κ2) is 5.90. The third-order valence-electron chi connectivity index (χ3n) is 2.30. The Labute approximate surface area is 122 Å². The van der Waals surface area contributed by atoms with E-state index in [0.29, 0.717) is 15.1 Å². The second-order valence-electron chi connectivity index (χ2n) is 3.62. The first kappa shape index (κ1) is 13.6. The number of rotatable bonds is 2. The van der Waals surface area contributed by atoms with E-state index in [1.807, 2.05) is 0 Å². The Kier molecular flexibility index (Phi) is 4.24. The van der Waals surface area contributed by atoms with Crippen LogP contribution in [0, 0.1) is 0 Å². The lowest BCUT2D eigenvalue weighted by Crippen LogP contribution is -2.41. The number of carbonyl (C=O) groups excluding carboxylic acids is 2. The van der Waals surface area contributed by atoms with Crippen molar-refractivity contribution in [2.45, 2.75) is 0 Å². The van der Waals surface area contributed by atoms with Crippen LogP contribution in [0.15, 0.2) is 41.0 Å². The van der Waals surface area contributed by atoms with Crippen molar-refractivity contribution in [3.8, 4) is 0 Å². The summed E-state index contributed by atoms with van der Waals surface area (Å²) in [5.74, 6) is -0.897. The second-order valence-corrected chi connectivity index (χ2v) is 4.91. The van der Waals surface area contributed by atoms with E-state index in [9.17, 15) is 9.59 Å². The third kappa shape index (κ3) is 3.36. The number of H-pyrrole nitrogens is 1. The molecule has 0 aliphatic heterocycles.